The lowest BCUT2D eigenvalue weighted by Gasteiger charge is -2.16. The maximum absolute atomic E-state index is 12.7. The fourth-order valence-corrected chi connectivity index (χ4v) is 4.38. The van der Waals surface area contributed by atoms with E-state index in [0.29, 0.717) is 23.0 Å². The highest BCUT2D eigenvalue weighted by Crippen LogP contribution is 2.25. The van der Waals surface area contributed by atoms with Crippen molar-refractivity contribution < 1.29 is 14.7 Å². The molecule has 1 aliphatic rings. The molecular weight excluding hydrogens is 512 g/mol. The number of nitrogens with one attached hydrogen (secondary N) is 2. The number of thioether (sulfide) groups is 1. The van der Waals surface area contributed by atoms with Gasteiger partial charge in [0.05, 0.1) is 0 Å². The van der Waals surface area contributed by atoms with Crippen molar-refractivity contribution in [1.82, 2.24) is 10.6 Å². The molecule has 0 bridgehead atoms. The maximum atomic E-state index is 12.7. The summed E-state index contributed by atoms with van der Waals surface area (Å²) in [4.78, 5) is 24.1. The average Bonchev–Trinajstić information content (AvgIpc) is 3.40. The summed E-state index contributed by atoms with van der Waals surface area (Å²) in [6.45, 7) is 17.2. The summed E-state index contributed by atoms with van der Waals surface area (Å²) in [5.41, 5.74) is 3.18. The largest absolute Gasteiger partial charge is 0.480 e. The van der Waals surface area contributed by atoms with Gasteiger partial charge in [-0.25, -0.2) is 4.79 Å². The highest BCUT2D eigenvalue weighted by atomic mass is 32.2. The van der Waals surface area contributed by atoms with E-state index in [1.165, 1.54) is 12.8 Å². The Morgan fingerprint density at radius 1 is 1.08 bits per heavy atom. The molecule has 0 spiro atoms. The number of carboxylic acids is 1. The zero-order chi connectivity index (χ0) is 29.5. The minimum Gasteiger partial charge on any atom is -0.480 e. The van der Waals surface area contributed by atoms with Gasteiger partial charge >= 0.3 is 5.97 Å². The minimum atomic E-state index is -1.01. The first-order valence-corrected chi connectivity index (χ1v) is 15.9. The zero-order valence-corrected chi connectivity index (χ0v) is 26.7. The Hall–Kier alpha value is -1.96. The van der Waals surface area contributed by atoms with E-state index >= 15 is 0 Å². The zero-order valence-electron chi connectivity index (χ0n) is 25.0. The number of benzene rings is 2. The number of hydrogen-bond donors (Lipinski definition) is 4. The van der Waals surface area contributed by atoms with Gasteiger partial charge in [-0.2, -0.15) is 24.4 Å². The maximum Gasteiger partial charge on any atom is 0.326 e. The molecule has 0 aliphatic carbocycles. The molecule has 0 radical (unpaired) electrons. The molecule has 2 aromatic rings. The first kappa shape index (κ1) is 38.2. The molecule has 5 nitrogen and oxygen atoms in total. The van der Waals surface area contributed by atoms with Crippen molar-refractivity contribution in [2.24, 2.45) is 0 Å². The van der Waals surface area contributed by atoms with Crippen LogP contribution in [0.3, 0.4) is 0 Å². The predicted molar refractivity (Wildman–Crippen MR) is 172 cm³/mol. The highest BCUT2D eigenvalue weighted by molar-refractivity contribution is 7.98. The summed E-state index contributed by atoms with van der Waals surface area (Å²) in [6.07, 6.45) is 4.81. The third-order valence-corrected chi connectivity index (χ3v) is 6.45. The molecule has 7 heteroatoms. The van der Waals surface area contributed by atoms with Crippen molar-refractivity contribution in [3.63, 3.8) is 0 Å². The number of carbonyl (C=O) groups is 2. The molecule has 38 heavy (non-hydrogen) atoms. The van der Waals surface area contributed by atoms with E-state index in [1.54, 1.807) is 17.8 Å². The molecule has 1 heterocycles. The van der Waals surface area contributed by atoms with Crippen molar-refractivity contribution in [2.75, 3.05) is 18.6 Å². The Morgan fingerprint density at radius 3 is 2.13 bits per heavy atom. The number of carbonyl (C=O) groups excluding carboxylic acids is 1. The van der Waals surface area contributed by atoms with Crippen molar-refractivity contribution in [3.8, 4) is 11.1 Å². The summed E-state index contributed by atoms with van der Waals surface area (Å²) in [6, 6.07) is 15.1. The van der Waals surface area contributed by atoms with Crippen LogP contribution in [-0.4, -0.2) is 52.9 Å². The van der Waals surface area contributed by atoms with Gasteiger partial charge in [-0.1, -0.05) is 96.5 Å². The summed E-state index contributed by atoms with van der Waals surface area (Å²) >= 11 is 5.90. The quantitative estimate of drug-likeness (QED) is 0.247. The van der Waals surface area contributed by atoms with Gasteiger partial charge in [0, 0.05) is 23.4 Å². The lowest BCUT2D eigenvalue weighted by atomic mass is 9.97. The first-order valence-electron chi connectivity index (χ1n) is 14.0. The van der Waals surface area contributed by atoms with Gasteiger partial charge in [-0.15, -0.1) is 0 Å². The van der Waals surface area contributed by atoms with Crippen LogP contribution in [0.5, 0.6) is 0 Å². The van der Waals surface area contributed by atoms with Crippen LogP contribution in [-0.2, 0) is 4.79 Å². The lowest BCUT2D eigenvalue weighted by Crippen LogP contribution is -2.41. The third-order valence-electron chi connectivity index (χ3n) is 5.41. The van der Waals surface area contributed by atoms with Crippen molar-refractivity contribution in [2.45, 2.75) is 92.0 Å². The fraction of sp³-hybridized carbons (Fsp3) is 0.548. The molecular formula is C31H52N2O3S2. The van der Waals surface area contributed by atoms with Crippen LogP contribution >= 0.6 is 24.4 Å². The molecule has 3 atom stereocenters. The molecule has 0 aromatic heterocycles. The third kappa shape index (κ3) is 14.8. The van der Waals surface area contributed by atoms with Crippen molar-refractivity contribution >= 4 is 36.3 Å². The number of aliphatic carboxylic acids is 1. The van der Waals surface area contributed by atoms with Gasteiger partial charge in [-0.3, -0.25) is 4.79 Å². The monoisotopic (exact) mass is 564 g/mol. The normalized spacial score (nSPS) is 15.9. The fourth-order valence-electron chi connectivity index (χ4n) is 3.55. The SMILES string of the molecule is CC.CC.CC.CC[C@@H]1CC(S)CN1.CSCCC(NC(=O)c1cc(C)ccc1-c1ccccc1)C(=O)O. The van der Waals surface area contributed by atoms with E-state index in [0.717, 1.165) is 29.3 Å². The smallest absolute Gasteiger partial charge is 0.326 e. The Labute approximate surface area is 242 Å². The molecule has 1 saturated heterocycles. The molecule has 3 N–H and O–H groups in total. The molecule has 0 saturated carbocycles. The van der Waals surface area contributed by atoms with Crippen LogP contribution in [0.15, 0.2) is 48.5 Å². The summed E-state index contributed by atoms with van der Waals surface area (Å²) in [5, 5.41) is 16.0. The van der Waals surface area contributed by atoms with Crippen molar-refractivity contribution in [3.05, 3.63) is 59.7 Å². The molecule has 1 fully saturated rings. The van der Waals surface area contributed by atoms with Gasteiger partial charge in [-0.05, 0) is 55.4 Å². The second kappa shape index (κ2) is 24.1. The Balaban J connectivity index is 0. The van der Waals surface area contributed by atoms with E-state index in [4.69, 9.17) is 0 Å². The Kier molecular flexibility index (Phi) is 24.2. The van der Waals surface area contributed by atoms with Crippen molar-refractivity contribution in [1.29, 1.82) is 0 Å². The number of rotatable bonds is 8. The molecule has 3 rings (SSSR count). The Bertz CT molecular complexity index is 879. The minimum absolute atomic E-state index is 0.356. The number of aryl methyl sites for hydroxylation is 1. The molecule has 2 aromatic carbocycles. The number of hydrogen-bond acceptors (Lipinski definition) is 5. The van der Waals surface area contributed by atoms with E-state index in [2.05, 4.69) is 30.2 Å². The van der Waals surface area contributed by atoms with Crippen LogP contribution < -0.4 is 10.6 Å². The number of carboxylic acid groups (broad SMARTS) is 1. The van der Waals surface area contributed by atoms with Crippen LogP contribution in [0.1, 0.15) is 83.7 Å². The first-order chi connectivity index (χ1) is 18.3. The standard InChI is InChI=1S/C19H21NO3S.C6H13NS.3C2H6/c1-13-8-9-15(14-6-4-3-5-7-14)16(12-13)18(21)20-17(19(22)23)10-11-24-2;1-2-5-3-6(8)4-7-5;3*1-2/h3-9,12,17H,10-11H2,1-2H3,(H,20,21)(H,22,23);5-8H,2-4H2,1H3;3*1-2H3/t;5-,6?;;;/m.1.../s1. The van der Waals surface area contributed by atoms with E-state index in [9.17, 15) is 14.7 Å². The number of amides is 1. The number of thiol groups is 1. The second-order valence-corrected chi connectivity index (χ2v) is 9.68. The predicted octanol–water partition coefficient (Wildman–Crippen LogP) is 7.73. The highest BCUT2D eigenvalue weighted by Gasteiger charge is 2.22. The lowest BCUT2D eigenvalue weighted by molar-refractivity contribution is -0.139. The van der Waals surface area contributed by atoms with Crippen LogP contribution in [0, 0.1) is 6.92 Å². The van der Waals surface area contributed by atoms with E-state index < -0.39 is 12.0 Å². The summed E-state index contributed by atoms with van der Waals surface area (Å²) in [5.74, 6) is -0.686. The van der Waals surface area contributed by atoms with Crippen LogP contribution in [0.25, 0.3) is 11.1 Å². The van der Waals surface area contributed by atoms with Crippen LogP contribution in [0.4, 0.5) is 0 Å². The molecule has 216 valence electrons. The summed E-state index contributed by atoms with van der Waals surface area (Å²) in [7, 11) is 0. The molecule has 2 unspecified atom stereocenters. The van der Waals surface area contributed by atoms with Gasteiger partial charge < -0.3 is 15.7 Å². The van der Waals surface area contributed by atoms with Gasteiger partial charge in [0.25, 0.3) is 5.91 Å². The molecule has 1 aliphatic heterocycles. The van der Waals surface area contributed by atoms with Gasteiger partial charge in [0.15, 0.2) is 0 Å². The van der Waals surface area contributed by atoms with Gasteiger partial charge in [0.2, 0.25) is 0 Å². The molecule has 1 amide bonds. The topological polar surface area (TPSA) is 78.4 Å². The van der Waals surface area contributed by atoms with Crippen LogP contribution in [0.2, 0.25) is 0 Å². The second-order valence-electron chi connectivity index (χ2n) is 7.96. The van der Waals surface area contributed by atoms with E-state index in [-0.39, 0.29) is 5.91 Å². The average molecular weight is 565 g/mol. The Morgan fingerprint density at radius 2 is 1.68 bits per heavy atom. The van der Waals surface area contributed by atoms with E-state index in [1.807, 2.05) is 97.2 Å². The van der Waals surface area contributed by atoms with Gasteiger partial charge in [0.1, 0.15) is 6.04 Å². The summed E-state index contributed by atoms with van der Waals surface area (Å²) < 4.78 is 0.